The Morgan fingerprint density at radius 1 is 1.24 bits per heavy atom. The van der Waals surface area contributed by atoms with Crippen LogP contribution in [0.15, 0.2) is 70.8 Å². The molecule has 0 aliphatic carbocycles. The number of hydrogen-bond acceptors (Lipinski definition) is 8. The summed E-state index contributed by atoms with van der Waals surface area (Å²) in [5.41, 5.74) is 6.79. The minimum Gasteiger partial charge on any atom is -0.463 e. The van der Waals surface area contributed by atoms with Gasteiger partial charge in [0.15, 0.2) is 0 Å². The second-order valence-corrected chi connectivity index (χ2v) is 7.88. The SMILES string of the molecule is CCOC(=O)C1=C(c2ccccc2)NC(SCC(N)=O)=C(C#N)[C@H]1c1cccc([N+](=O)[O-])c1. The fourth-order valence-electron chi connectivity index (χ4n) is 3.45. The number of hydrogen-bond donors (Lipinski definition) is 2. The number of rotatable bonds is 8. The third-order valence-electron chi connectivity index (χ3n) is 4.78. The lowest BCUT2D eigenvalue weighted by molar-refractivity contribution is -0.384. The molecule has 168 valence electrons. The van der Waals surface area contributed by atoms with Crippen LogP contribution in [0.25, 0.3) is 5.70 Å². The summed E-state index contributed by atoms with van der Waals surface area (Å²) in [7, 11) is 0. The van der Waals surface area contributed by atoms with Gasteiger partial charge in [0.2, 0.25) is 5.91 Å². The lowest BCUT2D eigenvalue weighted by Crippen LogP contribution is -2.30. The molecule has 1 aliphatic heterocycles. The molecule has 0 unspecified atom stereocenters. The van der Waals surface area contributed by atoms with Crippen molar-refractivity contribution in [3.63, 3.8) is 0 Å². The van der Waals surface area contributed by atoms with Crippen molar-refractivity contribution in [3.05, 3.63) is 92.0 Å². The van der Waals surface area contributed by atoms with E-state index in [2.05, 4.69) is 11.4 Å². The molecule has 0 bridgehead atoms. The van der Waals surface area contributed by atoms with Crippen molar-refractivity contribution in [2.24, 2.45) is 5.73 Å². The maximum atomic E-state index is 13.2. The number of allylic oxidation sites excluding steroid dienone is 1. The lowest BCUT2D eigenvalue weighted by atomic mass is 9.81. The maximum Gasteiger partial charge on any atom is 0.337 e. The molecule has 10 heteroatoms. The van der Waals surface area contributed by atoms with Gasteiger partial charge in [0.25, 0.3) is 5.69 Å². The van der Waals surface area contributed by atoms with Gasteiger partial charge in [0.05, 0.1) is 51.1 Å². The number of nitrogens with zero attached hydrogens (tertiary/aromatic N) is 2. The highest BCUT2D eigenvalue weighted by Gasteiger charge is 2.37. The van der Waals surface area contributed by atoms with Crippen LogP contribution in [0.1, 0.15) is 24.0 Å². The van der Waals surface area contributed by atoms with E-state index in [9.17, 15) is 25.0 Å². The van der Waals surface area contributed by atoms with Gasteiger partial charge in [-0.25, -0.2) is 4.79 Å². The van der Waals surface area contributed by atoms with E-state index in [1.54, 1.807) is 37.3 Å². The molecule has 0 radical (unpaired) electrons. The van der Waals surface area contributed by atoms with Crippen LogP contribution < -0.4 is 11.1 Å². The number of nitriles is 1. The van der Waals surface area contributed by atoms with Crippen molar-refractivity contribution in [2.45, 2.75) is 12.8 Å². The second-order valence-electron chi connectivity index (χ2n) is 6.89. The van der Waals surface area contributed by atoms with Crippen molar-refractivity contribution in [1.29, 1.82) is 5.26 Å². The number of primary amides is 1. The Morgan fingerprint density at radius 2 is 1.97 bits per heavy atom. The topological polar surface area (TPSA) is 148 Å². The van der Waals surface area contributed by atoms with Crippen LogP contribution in [0.2, 0.25) is 0 Å². The molecule has 3 rings (SSSR count). The number of carbonyl (C=O) groups excluding carboxylic acids is 2. The first-order valence-electron chi connectivity index (χ1n) is 9.90. The molecule has 0 saturated heterocycles. The first-order valence-corrected chi connectivity index (χ1v) is 10.9. The average molecular weight is 465 g/mol. The molecule has 1 amide bonds. The number of esters is 1. The number of nitro benzene ring substituents is 1. The second kappa shape index (κ2) is 10.5. The third kappa shape index (κ3) is 5.22. The normalized spacial score (nSPS) is 15.5. The van der Waals surface area contributed by atoms with Crippen LogP contribution in [0, 0.1) is 21.4 Å². The fourth-order valence-corrected chi connectivity index (χ4v) is 4.23. The van der Waals surface area contributed by atoms with E-state index in [1.165, 1.54) is 18.2 Å². The Labute approximate surface area is 194 Å². The molecule has 0 spiro atoms. The number of benzene rings is 2. The largest absolute Gasteiger partial charge is 0.463 e. The zero-order chi connectivity index (χ0) is 24.0. The Kier molecular flexibility index (Phi) is 7.48. The molecular formula is C23H20N4O5S. The first-order chi connectivity index (χ1) is 15.9. The van der Waals surface area contributed by atoms with E-state index in [0.717, 1.165) is 11.8 Å². The van der Waals surface area contributed by atoms with E-state index < -0.39 is 22.7 Å². The molecule has 0 fully saturated rings. The van der Waals surface area contributed by atoms with Gasteiger partial charge in [-0.05, 0) is 18.1 Å². The minimum atomic E-state index is -0.958. The summed E-state index contributed by atoms with van der Waals surface area (Å²) in [5.74, 6) is -2.31. The number of nitrogens with one attached hydrogen (secondary N) is 1. The zero-order valence-corrected chi connectivity index (χ0v) is 18.4. The van der Waals surface area contributed by atoms with Gasteiger partial charge in [-0.15, -0.1) is 0 Å². The van der Waals surface area contributed by atoms with Gasteiger partial charge in [-0.3, -0.25) is 14.9 Å². The quantitative estimate of drug-likeness (QED) is 0.344. The van der Waals surface area contributed by atoms with Crippen LogP contribution in [0.4, 0.5) is 5.69 Å². The average Bonchev–Trinajstić information content (AvgIpc) is 2.82. The molecule has 0 saturated carbocycles. The van der Waals surface area contributed by atoms with Crippen LogP contribution in [-0.4, -0.2) is 29.2 Å². The summed E-state index contributed by atoms with van der Waals surface area (Å²) in [6.07, 6.45) is 0. The van der Waals surface area contributed by atoms with E-state index in [4.69, 9.17) is 10.5 Å². The molecule has 33 heavy (non-hydrogen) atoms. The Hall–Kier alpha value is -4.10. The van der Waals surface area contributed by atoms with Crippen molar-refractivity contribution < 1.29 is 19.2 Å². The monoisotopic (exact) mass is 464 g/mol. The summed E-state index contributed by atoms with van der Waals surface area (Å²) in [6.45, 7) is 1.76. The summed E-state index contributed by atoms with van der Waals surface area (Å²) in [4.78, 5) is 35.4. The number of ether oxygens (including phenoxy) is 1. The molecule has 0 aromatic heterocycles. The summed E-state index contributed by atoms with van der Waals surface area (Å²) >= 11 is 1.02. The van der Waals surface area contributed by atoms with Crippen LogP contribution in [0.5, 0.6) is 0 Å². The molecule has 9 nitrogen and oxygen atoms in total. The molecule has 2 aromatic carbocycles. The van der Waals surface area contributed by atoms with Gasteiger partial charge in [0.1, 0.15) is 0 Å². The van der Waals surface area contributed by atoms with E-state index in [1.807, 2.05) is 6.07 Å². The number of amides is 1. The molecule has 1 heterocycles. The summed E-state index contributed by atoms with van der Waals surface area (Å²) in [6, 6.07) is 16.8. The smallest absolute Gasteiger partial charge is 0.337 e. The van der Waals surface area contributed by atoms with Gasteiger partial charge >= 0.3 is 5.97 Å². The Bertz CT molecular complexity index is 1200. The van der Waals surface area contributed by atoms with E-state index >= 15 is 0 Å². The van der Waals surface area contributed by atoms with Gasteiger partial charge in [0, 0.05) is 12.1 Å². The fraction of sp³-hybridized carbons (Fsp3) is 0.174. The Balaban J connectivity index is 2.31. The molecule has 1 aliphatic rings. The highest BCUT2D eigenvalue weighted by Crippen LogP contribution is 2.44. The molecule has 3 N–H and O–H groups in total. The van der Waals surface area contributed by atoms with Crippen molar-refractivity contribution in [2.75, 3.05) is 12.4 Å². The standard InChI is InChI=1S/C23H20N4O5S/c1-2-32-23(29)20-19(15-9-6-10-16(11-15)27(30)31)17(12-24)22(33-13-18(25)28)26-21(20)14-7-4-3-5-8-14/h3-11,19,26H,2,13H2,1H3,(H2,25,28)/t19-/m1/s1. The van der Waals surface area contributed by atoms with E-state index in [0.29, 0.717) is 21.9 Å². The van der Waals surface area contributed by atoms with Crippen LogP contribution in [-0.2, 0) is 14.3 Å². The molecule has 2 aromatic rings. The van der Waals surface area contributed by atoms with Crippen LogP contribution in [0.3, 0.4) is 0 Å². The van der Waals surface area contributed by atoms with Gasteiger partial charge in [-0.1, -0.05) is 54.2 Å². The predicted octanol–water partition coefficient (Wildman–Crippen LogP) is 3.21. The van der Waals surface area contributed by atoms with Crippen molar-refractivity contribution in [1.82, 2.24) is 5.32 Å². The zero-order valence-electron chi connectivity index (χ0n) is 17.6. The number of carbonyl (C=O) groups is 2. The highest BCUT2D eigenvalue weighted by atomic mass is 32.2. The number of dihydropyridines is 1. The molecule has 1 atom stereocenters. The van der Waals surface area contributed by atoms with Crippen LogP contribution >= 0.6 is 11.8 Å². The highest BCUT2D eigenvalue weighted by molar-refractivity contribution is 8.03. The Morgan fingerprint density at radius 3 is 2.58 bits per heavy atom. The number of non-ortho nitro benzene ring substituents is 1. The van der Waals surface area contributed by atoms with Crippen molar-refractivity contribution >= 4 is 35.0 Å². The van der Waals surface area contributed by atoms with E-state index in [-0.39, 0.29) is 29.2 Å². The maximum absolute atomic E-state index is 13.2. The molecular weight excluding hydrogens is 444 g/mol. The van der Waals surface area contributed by atoms with Crippen molar-refractivity contribution in [3.8, 4) is 6.07 Å². The third-order valence-corrected chi connectivity index (χ3v) is 5.82. The number of nitrogens with two attached hydrogens (primary N) is 1. The summed E-state index contributed by atoms with van der Waals surface area (Å²) < 4.78 is 5.31. The minimum absolute atomic E-state index is 0.0982. The van der Waals surface area contributed by atoms with Gasteiger partial charge < -0.3 is 15.8 Å². The number of nitro groups is 1. The van der Waals surface area contributed by atoms with Gasteiger partial charge in [-0.2, -0.15) is 5.26 Å². The predicted molar refractivity (Wildman–Crippen MR) is 123 cm³/mol. The first kappa shape index (κ1) is 23.6. The summed E-state index contributed by atoms with van der Waals surface area (Å²) in [5, 5.41) is 24.9. The number of thioether (sulfide) groups is 1. The lowest BCUT2D eigenvalue weighted by Gasteiger charge is -2.30.